The van der Waals surface area contributed by atoms with Crippen LogP contribution in [0.5, 0.6) is 11.6 Å². The van der Waals surface area contributed by atoms with E-state index in [0.29, 0.717) is 23.4 Å². The standard InChI is InChI=1S/C21H19F4NO3/c1-20(2)15(11-16(22)21(23,24)25)18(20)19(27)28-12-13-7-6-10-17(26-13)29-14-8-4-3-5-9-14/h3-11,15,18H,12H2,1-2H3/b16-11+/t15-,18-/m0/s1. The lowest BCUT2D eigenvalue weighted by Crippen LogP contribution is -2.11. The van der Waals surface area contributed by atoms with Crippen molar-refractivity contribution < 1.29 is 31.8 Å². The van der Waals surface area contributed by atoms with Gasteiger partial charge in [-0.3, -0.25) is 4.79 Å². The molecule has 3 rings (SSSR count). The third-order valence-corrected chi connectivity index (χ3v) is 4.87. The van der Waals surface area contributed by atoms with Crippen LogP contribution < -0.4 is 4.74 Å². The van der Waals surface area contributed by atoms with Crippen LogP contribution in [-0.2, 0) is 16.1 Å². The smallest absolute Gasteiger partial charge is 0.442 e. The van der Waals surface area contributed by atoms with Crippen LogP contribution in [-0.4, -0.2) is 17.1 Å². The van der Waals surface area contributed by atoms with Crippen molar-refractivity contribution in [3.05, 3.63) is 66.1 Å². The summed E-state index contributed by atoms with van der Waals surface area (Å²) in [4.78, 5) is 16.5. The number of carbonyl (C=O) groups excluding carboxylic acids is 1. The van der Waals surface area contributed by atoms with E-state index in [1.54, 1.807) is 44.2 Å². The van der Waals surface area contributed by atoms with Crippen molar-refractivity contribution in [2.75, 3.05) is 0 Å². The van der Waals surface area contributed by atoms with Gasteiger partial charge in [-0.05, 0) is 35.6 Å². The molecule has 1 heterocycles. The second-order valence-corrected chi connectivity index (χ2v) is 7.33. The van der Waals surface area contributed by atoms with Gasteiger partial charge >= 0.3 is 12.1 Å². The molecule has 1 saturated carbocycles. The molecule has 1 aliphatic rings. The molecule has 4 nitrogen and oxygen atoms in total. The summed E-state index contributed by atoms with van der Waals surface area (Å²) in [7, 11) is 0. The average Bonchev–Trinajstić information content (AvgIpc) is 3.20. The maximum absolute atomic E-state index is 13.2. The fourth-order valence-corrected chi connectivity index (χ4v) is 3.13. The molecule has 0 unspecified atom stereocenters. The lowest BCUT2D eigenvalue weighted by molar-refractivity contribution is -0.147. The average molecular weight is 409 g/mol. The number of esters is 1. The second kappa shape index (κ2) is 7.85. The lowest BCUT2D eigenvalue weighted by Gasteiger charge is -2.08. The molecule has 2 atom stereocenters. The maximum Gasteiger partial charge on any atom is 0.442 e. The number of nitrogens with zero attached hydrogens (tertiary/aromatic N) is 1. The van der Waals surface area contributed by atoms with E-state index in [9.17, 15) is 22.4 Å². The van der Waals surface area contributed by atoms with Gasteiger partial charge in [-0.2, -0.15) is 13.2 Å². The number of benzene rings is 1. The zero-order chi connectivity index (χ0) is 21.2. The van der Waals surface area contributed by atoms with Crippen molar-refractivity contribution >= 4 is 5.97 Å². The van der Waals surface area contributed by atoms with Gasteiger partial charge in [-0.25, -0.2) is 9.37 Å². The molecular weight excluding hydrogens is 390 g/mol. The van der Waals surface area contributed by atoms with Crippen LogP contribution in [0.3, 0.4) is 0 Å². The largest absolute Gasteiger partial charge is 0.459 e. The van der Waals surface area contributed by atoms with Crippen LogP contribution in [0.15, 0.2) is 60.4 Å². The molecule has 0 radical (unpaired) electrons. The van der Waals surface area contributed by atoms with Crippen LogP contribution in [0.2, 0.25) is 0 Å². The molecule has 8 heteroatoms. The Kier molecular flexibility index (Phi) is 5.64. The van der Waals surface area contributed by atoms with Crippen molar-refractivity contribution in [1.29, 1.82) is 0 Å². The van der Waals surface area contributed by atoms with Crippen LogP contribution in [0.25, 0.3) is 0 Å². The minimum Gasteiger partial charge on any atom is -0.459 e. The normalized spacial score (nSPS) is 20.8. The van der Waals surface area contributed by atoms with E-state index in [-0.39, 0.29) is 6.61 Å². The summed E-state index contributed by atoms with van der Waals surface area (Å²) >= 11 is 0. The lowest BCUT2D eigenvalue weighted by atomic mass is 10.1. The Morgan fingerprint density at radius 2 is 1.83 bits per heavy atom. The Morgan fingerprint density at radius 1 is 1.14 bits per heavy atom. The topological polar surface area (TPSA) is 48.4 Å². The summed E-state index contributed by atoms with van der Waals surface area (Å²) in [6, 6.07) is 13.9. The number of hydrogen-bond acceptors (Lipinski definition) is 4. The van der Waals surface area contributed by atoms with Gasteiger partial charge < -0.3 is 9.47 Å². The van der Waals surface area contributed by atoms with Crippen molar-refractivity contribution in [2.45, 2.75) is 26.6 Å². The van der Waals surface area contributed by atoms with Crippen LogP contribution in [0, 0.1) is 17.3 Å². The van der Waals surface area contributed by atoms with Gasteiger partial charge in [0.25, 0.3) is 0 Å². The molecule has 0 bridgehead atoms. The van der Waals surface area contributed by atoms with Crippen molar-refractivity contribution in [2.24, 2.45) is 17.3 Å². The van der Waals surface area contributed by atoms with Crippen molar-refractivity contribution in [1.82, 2.24) is 4.98 Å². The third kappa shape index (κ3) is 4.93. The van der Waals surface area contributed by atoms with Gasteiger partial charge in [-0.1, -0.05) is 38.1 Å². The van der Waals surface area contributed by atoms with Crippen molar-refractivity contribution in [3.8, 4) is 11.6 Å². The van der Waals surface area contributed by atoms with Gasteiger partial charge in [0, 0.05) is 6.07 Å². The minimum absolute atomic E-state index is 0.171. The van der Waals surface area contributed by atoms with E-state index < -0.39 is 35.2 Å². The van der Waals surface area contributed by atoms with E-state index in [1.165, 1.54) is 0 Å². The van der Waals surface area contributed by atoms with Gasteiger partial charge in [0.05, 0.1) is 11.6 Å². The fourth-order valence-electron chi connectivity index (χ4n) is 3.13. The maximum atomic E-state index is 13.2. The first-order valence-electron chi connectivity index (χ1n) is 8.89. The van der Waals surface area contributed by atoms with E-state index in [4.69, 9.17) is 9.47 Å². The van der Waals surface area contributed by atoms with Crippen molar-refractivity contribution in [3.63, 3.8) is 0 Å². The molecule has 0 amide bonds. The zero-order valence-corrected chi connectivity index (χ0v) is 15.7. The third-order valence-electron chi connectivity index (χ3n) is 4.87. The Bertz CT molecular complexity index is 910. The number of halogens is 4. The van der Waals surface area contributed by atoms with Gasteiger partial charge in [0.2, 0.25) is 5.88 Å². The van der Waals surface area contributed by atoms with E-state index >= 15 is 0 Å². The summed E-state index contributed by atoms with van der Waals surface area (Å²) in [5.74, 6) is -3.71. The number of para-hydroxylation sites is 1. The number of rotatable bonds is 6. The Morgan fingerprint density at radius 3 is 2.48 bits per heavy atom. The first kappa shape index (κ1) is 20.8. The molecule has 1 aromatic carbocycles. The predicted molar refractivity (Wildman–Crippen MR) is 96.6 cm³/mol. The van der Waals surface area contributed by atoms with Crippen LogP contribution in [0.1, 0.15) is 19.5 Å². The number of allylic oxidation sites excluding steroid dienone is 2. The summed E-state index contributed by atoms with van der Waals surface area (Å²) in [5, 5.41) is 0. The molecule has 0 spiro atoms. The van der Waals surface area contributed by atoms with E-state index in [1.807, 2.05) is 18.2 Å². The number of ether oxygens (including phenoxy) is 2. The molecule has 0 saturated heterocycles. The summed E-state index contributed by atoms with van der Waals surface area (Å²) in [5.41, 5.74) is -0.399. The number of pyridine rings is 1. The molecule has 154 valence electrons. The molecule has 1 aromatic heterocycles. The van der Waals surface area contributed by atoms with Gasteiger partial charge in [0.1, 0.15) is 12.4 Å². The van der Waals surface area contributed by atoms with Crippen LogP contribution in [0.4, 0.5) is 17.6 Å². The highest BCUT2D eigenvalue weighted by Crippen LogP contribution is 2.60. The van der Waals surface area contributed by atoms with Crippen LogP contribution >= 0.6 is 0 Å². The second-order valence-electron chi connectivity index (χ2n) is 7.33. The van der Waals surface area contributed by atoms with E-state index in [2.05, 4.69) is 4.98 Å². The molecule has 1 fully saturated rings. The zero-order valence-electron chi connectivity index (χ0n) is 15.7. The summed E-state index contributed by atoms with van der Waals surface area (Å²) < 4.78 is 61.2. The summed E-state index contributed by atoms with van der Waals surface area (Å²) in [6.07, 6.45) is -4.60. The number of hydrogen-bond donors (Lipinski definition) is 0. The first-order valence-corrected chi connectivity index (χ1v) is 8.89. The number of aromatic nitrogens is 1. The van der Waals surface area contributed by atoms with Gasteiger partial charge in [0.15, 0.2) is 5.83 Å². The highest BCUT2D eigenvalue weighted by Gasteiger charge is 2.62. The highest BCUT2D eigenvalue weighted by atomic mass is 19.4. The van der Waals surface area contributed by atoms with E-state index in [0.717, 1.165) is 0 Å². The molecule has 0 aliphatic heterocycles. The molecule has 29 heavy (non-hydrogen) atoms. The molecule has 2 aromatic rings. The highest BCUT2D eigenvalue weighted by molar-refractivity contribution is 5.78. The first-order chi connectivity index (χ1) is 13.6. The SMILES string of the molecule is CC1(C)[C@H](C(=O)OCc2cccc(Oc3ccccc3)n2)[C@@H]1/C=C(/F)C(F)(F)F. The minimum atomic E-state index is -5.06. The quantitative estimate of drug-likeness (QED) is 0.460. The molecular formula is C21H19F4NO3. The Hall–Kier alpha value is -2.90. The van der Waals surface area contributed by atoms with Gasteiger partial charge in [-0.15, -0.1) is 0 Å². The predicted octanol–water partition coefficient (Wildman–Crippen LogP) is 5.61. The summed E-state index contributed by atoms with van der Waals surface area (Å²) in [6.45, 7) is 3.02. The number of alkyl halides is 3. The monoisotopic (exact) mass is 409 g/mol. The molecule has 0 N–H and O–H groups in total. The Labute approximate surface area is 165 Å². The fraction of sp³-hybridized carbons (Fsp3) is 0.333. The molecule has 1 aliphatic carbocycles. The number of carbonyl (C=O) groups is 1. The Balaban J connectivity index is 1.60.